The van der Waals surface area contributed by atoms with E-state index >= 15 is 0 Å². The van der Waals surface area contributed by atoms with E-state index in [9.17, 15) is 9.18 Å². The molecule has 7 heteroatoms. The van der Waals surface area contributed by atoms with Gasteiger partial charge in [-0.1, -0.05) is 42.0 Å². The third kappa shape index (κ3) is 7.52. The number of ether oxygens (including phenoxy) is 2. The fourth-order valence-electron chi connectivity index (χ4n) is 4.03. The number of halogens is 1. The quantitative estimate of drug-likeness (QED) is 0.234. The Morgan fingerprint density at radius 2 is 1.66 bits per heavy atom. The maximum atomic E-state index is 13.2. The zero-order chi connectivity index (χ0) is 26.9. The molecule has 0 unspecified atom stereocenters. The molecule has 6 nitrogen and oxygen atoms in total. The van der Waals surface area contributed by atoms with Crippen molar-refractivity contribution >= 4 is 5.97 Å². The van der Waals surface area contributed by atoms with Gasteiger partial charge in [0.05, 0.1) is 18.9 Å². The minimum Gasteiger partial charge on any atom is -0.493 e. The fraction of sp³-hybridized carbons (Fsp3) is 0.290. The first-order valence-electron chi connectivity index (χ1n) is 12.8. The van der Waals surface area contributed by atoms with E-state index in [1.807, 2.05) is 62.4 Å². The largest absolute Gasteiger partial charge is 0.493 e. The van der Waals surface area contributed by atoms with Gasteiger partial charge in [-0.05, 0) is 74.7 Å². The zero-order valence-corrected chi connectivity index (χ0v) is 22.0. The molecular formula is C31H33FN2O4. The van der Waals surface area contributed by atoms with Gasteiger partial charge in [0.2, 0.25) is 5.89 Å². The molecule has 0 fully saturated rings. The Kier molecular flexibility index (Phi) is 9.27. The summed E-state index contributed by atoms with van der Waals surface area (Å²) in [6.07, 6.45) is 1.08. The number of hydrogen-bond donors (Lipinski definition) is 1. The zero-order valence-electron chi connectivity index (χ0n) is 22.0. The molecule has 3 aromatic carbocycles. The number of esters is 1. The highest BCUT2D eigenvalue weighted by Crippen LogP contribution is 2.23. The van der Waals surface area contributed by atoms with Gasteiger partial charge in [-0.3, -0.25) is 4.79 Å². The number of hydrogen-bond acceptors (Lipinski definition) is 6. The van der Waals surface area contributed by atoms with Crippen molar-refractivity contribution in [3.63, 3.8) is 0 Å². The van der Waals surface area contributed by atoms with Crippen LogP contribution in [0.5, 0.6) is 5.75 Å². The van der Waals surface area contributed by atoms with E-state index in [1.165, 1.54) is 17.7 Å². The molecule has 0 saturated carbocycles. The molecule has 4 rings (SSSR count). The summed E-state index contributed by atoms with van der Waals surface area (Å²) in [7, 11) is 0. The Morgan fingerprint density at radius 1 is 0.974 bits per heavy atom. The van der Waals surface area contributed by atoms with E-state index in [1.54, 1.807) is 19.1 Å². The highest BCUT2D eigenvalue weighted by molar-refractivity contribution is 5.76. The van der Waals surface area contributed by atoms with E-state index < -0.39 is 6.04 Å². The van der Waals surface area contributed by atoms with E-state index in [0.29, 0.717) is 38.5 Å². The molecular weight excluding hydrogens is 483 g/mol. The highest BCUT2D eigenvalue weighted by Gasteiger charge is 2.20. The van der Waals surface area contributed by atoms with Crippen LogP contribution in [0.1, 0.15) is 35.1 Å². The summed E-state index contributed by atoms with van der Waals surface area (Å²) >= 11 is 0. The van der Waals surface area contributed by atoms with Crippen molar-refractivity contribution in [3.8, 4) is 17.2 Å². The number of benzene rings is 3. The molecule has 1 aromatic heterocycles. The van der Waals surface area contributed by atoms with Crippen molar-refractivity contribution in [2.45, 2.75) is 46.2 Å². The third-order valence-corrected chi connectivity index (χ3v) is 6.20. The van der Waals surface area contributed by atoms with Crippen LogP contribution >= 0.6 is 0 Å². The van der Waals surface area contributed by atoms with Crippen LogP contribution in [0.3, 0.4) is 0 Å². The summed E-state index contributed by atoms with van der Waals surface area (Å²) in [5.74, 6) is 1.54. The topological polar surface area (TPSA) is 73.6 Å². The molecule has 0 bridgehead atoms. The van der Waals surface area contributed by atoms with Gasteiger partial charge < -0.3 is 19.2 Å². The van der Waals surface area contributed by atoms with Crippen molar-refractivity contribution in [1.29, 1.82) is 0 Å². The van der Waals surface area contributed by atoms with Gasteiger partial charge in [0.25, 0.3) is 0 Å². The molecule has 0 radical (unpaired) electrons. The van der Waals surface area contributed by atoms with E-state index in [2.05, 4.69) is 10.3 Å². The lowest BCUT2D eigenvalue weighted by Crippen LogP contribution is -2.39. The van der Waals surface area contributed by atoms with Gasteiger partial charge in [-0.15, -0.1) is 0 Å². The van der Waals surface area contributed by atoms with Crippen LogP contribution in [0.25, 0.3) is 11.5 Å². The SMILES string of the molecule is CCOC(=O)[C@H](Cc1ccc(OCCc2nc(-c3ccc(C)cc3)oc2C)cc1)NCc1ccc(F)cc1. The van der Waals surface area contributed by atoms with Gasteiger partial charge in [-0.25, -0.2) is 9.37 Å². The Morgan fingerprint density at radius 3 is 2.34 bits per heavy atom. The number of carbonyl (C=O) groups is 1. The lowest BCUT2D eigenvalue weighted by atomic mass is 10.1. The summed E-state index contributed by atoms with van der Waals surface area (Å²) in [5.41, 5.74) is 4.88. The van der Waals surface area contributed by atoms with Crippen LogP contribution < -0.4 is 10.1 Å². The first kappa shape index (κ1) is 27.1. The number of aryl methyl sites for hydroxylation is 2. The Balaban J connectivity index is 1.30. The third-order valence-electron chi connectivity index (χ3n) is 6.20. The molecule has 4 aromatic rings. The van der Waals surface area contributed by atoms with Crippen LogP contribution in [-0.2, 0) is 28.9 Å². The standard InChI is InChI=1S/C31H33FN2O4/c1-4-36-31(35)29(33-20-24-7-13-26(32)14-8-24)19-23-9-15-27(16-10-23)37-18-17-28-22(3)38-30(34-28)25-11-5-21(2)6-12-25/h5-16,29,33H,4,17-20H2,1-3H3/t29-/m0/s1. The van der Waals surface area contributed by atoms with Crippen molar-refractivity contribution in [3.05, 3.63) is 107 Å². The summed E-state index contributed by atoms with van der Waals surface area (Å²) in [5, 5.41) is 3.23. The second-order valence-electron chi connectivity index (χ2n) is 9.15. The van der Waals surface area contributed by atoms with E-state index in [4.69, 9.17) is 13.9 Å². The molecule has 0 aliphatic heterocycles. The van der Waals surface area contributed by atoms with Crippen molar-refractivity contribution < 1.29 is 23.1 Å². The van der Waals surface area contributed by atoms with Crippen molar-refractivity contribution in [1.82, 2.24) is 10.3 Å². The number of oxazole rings is 1. The van der Waals surface area contributed by atoms with Gasteiger partial charge in [0.15, 0.2) is 0 Å². The number of nitrogens with one attached hydrogen (secondary N) is 1. The lowest BCUT2D eigenvalue weighted by Gasteiger charge is -2.18. The summed E-state index contributed by atoms with van der Waals surface area (Å²) in [6.45, 7) is 6.94. The normalized spacial score (nSPS) is 11.8. The second kappa shape index (κ2) is 13.0. The van der Waals surface area contributed by atoms with Crippen molar-refractivity contribution in [2.75, 3.05) is 13.2 Å². The minimum atomic E-state index is -0.523. The highest BCUT2D eigenvalue weighted by atomic mass is 19.1. The number of carbonyl (C=O) groups excluding carboxylic acids is 1. The van der Waals surface area contributed by atoms with Crippen LogP contribution in [0.15, 0.2) is 77.2 Å². The molecule has 1 atom stereocenters. The Labute approximate surface area is 222 Å². The molecule has 1 N–H and O–H groups in total. The van der Waals surface area contributed by atoms with Crippen LogP contribution in [0.2, 0.25) is 0 Å². The lowest BCUT2D eigenvalue weighted by molar-refractivity contribution is -0.145. The predicted octanol–water partition coefficient (Wildman–Crippen LogP) is 5.98. The molecule has 0 spiro atoms. The molecule has 1 heterocycles. The maximum absolute atomic E-state index is 13.2. The summed E-state index contributed by atoms with van der Waals surface area (Å²) in [6, 6.07) is 21.4. The summed E-state index contributed by atoms with van der Waals surface area (Å²) in [4.78, 5) is 17.2. The summed E-state index contributed by atoms with van der Waals surface area (Å²) < 4.78 is 30.2. The minimum absolute atomic E-state index is 0.291. The number of rotatable bonds is 12. The van der Waals surface area contributed by atoms with Crippen LogP contribution in [-0.4, -0.2) is 30.2 Å². The number of aromatic nitrogens is 1. The average Bonchev–Trinajstić information content (AvgIpc) is 3.29. The predicted molar refractivity (Wildman–Crippen MR) is 144 cm³/mol. The first-order chi connectivity index (χ1) is 18.4. The van der Waals surface area contributed by atoms with E-state index in [0.717, 1.165) is 33.9 Å². The Bertz CT molecular complexity index is 1320. The van der Waals surface area contributed by atoms with Gasteiger partial charge >= 0.3 is 5.97 Å². The van der Waals surface area contributed by atoms with Gasteiger partial charge in [0.1, 0.15) is 23.4 Å². The molecule has 0 aliphatic rings. The van der Waals surface area contributed by atoms with E-state index in [-0.39, 0.29) is 11.8 Å². The molecule has 198 valence electrons. The Hall–Kier alpha value is -3.97. The molecule has 0 saturated heterocycles. The van der Waals surface area contributed by atoms with Crippen LogP contribution in [0, 0.1) is 19.7 Å². The smallest absolute Gasteiger partial charge is 0.323 e. The monoisotopic (exact) mass is 516 g/mol. The second-order valence-corrected chi connectivity index (χ2v) is 9.15. The maximum Gasteiger partial charge on any atom is 0.323 e. The van der Waals surface area contributed by atoms with Gasteiger partial charge in [-0.2, -0.15) is 0 Å². The first-order valence-corrected chi connectivity index (χ1v) is 12.8. The van der Waals surface area contributed by atoms with Gasteiger partial charge in [0, 0.05) is 18.5 Å². The van der Waals surface area contributed by atoms with Crippen LogP contribution in [0.4, 0.5) is 4.39 Å². The van der Waals surface area contributed by atoms with Crippen molar-refractivity contribution in [2.24, 2.45) is 0 Å². The fourth-order valence-corrected chi connectivity index (χ4v) is 4.03. The average molecular weight is 517 g/mol. The molecule has 0 amide bonds. The molecule has 0 aliphatic carbocycles. The number of nitrogens with zero attached hydrogens (tertiary/aromatic N) is 1. The molecule has 38 heavy (non-hydrogen) atoms.